The molecule has 1 saturated carbocycles. The first-order valence-electron chi connectivity index (χ1n) is 4.77. The molecule has 0 bridgehead atoms. The maximum Gasteiger partial charge on any atom is 0.146 e. The van der Waals surface area contributed by atoms with Gasteiger partial charge in [-0.1, -0.05) is 19.6 Å². The van der Waals surface area contributed by atoms with Crippen molar-refractivity contribution < 1.29 is 4.57 Å². The molecule has 1 radical (unpaired) electrons. The van der Waals surface area contributed by atoms with Gasteiger partial charge in [0.05, 0.1) is 0 Å². The Hall–Kier alpha value is 0.202. The molecule has 1 aliphatic rings. The molecule has 2 N–H and O–H groups in total. The fourth-order valence-corrected chi connectivity index (χ4v) is 2.15. The van der Waals surface area contributed by atoms with Crippen LogP contribution < -0.4 is 5.50 Å². The molecule has 0 aromatic carbocycles. The SMILES string of the molecule is C=C1/C(=C\C[PH](N)=O)CCC[C@@H]1C.[AlH2]. The maximum absolute atomic E-state index is 10.8. The van der Waals surface area contributed by atoms with E-state index in [9.17, 15) is 4.57 Å². The highest BCUT2D eigenvalue weighted by Crippen LogP contribution is 2.32. The van der Waals surface area contributed by atoms with Gasteiger partial charge in [0.1, 0.15) is 25.3 Å². The van der Waals surface area contributed by atoms with E-state index in [1.54, 1.807) is 0 Å². The van der Waals surface area contributed by atoms with Gasteiger partial charge < -0.3 is 4.57 Å². The van der Waals surface area contributed by atoms with E-state index in [1.807, 2.05) is 6.08 Å². The second-order valence-corrected chi connectivity index (χ2v) is 5.06. The monoisotopic (exact) mass is 228 g/mol. The van der Waals surface area contributed by atoms with E-state index >= 15 is 0 Å². The van der Waals surface area contributed by atoms with Crippen LogP contribution in [0.5, 0.6) is 0 Å². The summed E-state index contributed by atoms with van der Waals surface area (Å²) < 4.78 is 10.8. The lowest BCUT2D eigenvalue weighted by Crippen LogP contribution is -2.08. The Morgan fingerprint density at radius 2 is 2.36 bits per heavy atom. The number of allylic oxidation sites excluding steroid dienone is 3. The first kappa shape index (κ1) is 14.2. The summed E-state index contributed by atoms with van der Waals surface area (Å²) in [5, 5.41) is 0. The molecule has 0 aliphatic heterocycles. The van der Waals surface area contributed by atoms with Gasteiger partial charge in [0.2, 0.25) is 0 Å². The van der Waals surface area contributed by atoms with E-state index in [-0.39, 0.29) is 17.4 Å². The van der Waals surface area contributed by atoms with Gasteiger partial charge in [0.25, 0.3) is 0 Å². The highest BCUT2D eigenvalue weighted by Gasteiger charge is 2.16. The molecule has 0 heterocycles. The van der Waals surface area contributed by atoms with Gasteiger partial charge in [-0.3, -0.25) is 5.50 Å². The van der Waals surface area contributed by atoms with Gasteiger partial charge in [-0.15, -0.1) is 0 Å². The van der Waals surface area contributed by atoms with Gasteiger partial charge in [-0.2, -0.15) is 0 Å². The van der Waals surface area contributed by atoms with E-state index in [2.05, 4.69) is 13.5 Å². The molecule has 79 valence electrons. The van der Waals surface area contributed by atoms with Gasteiger partial charge in [-0.25, -0.2) is 0 Å². The fraction of sp³-hybridized carbons (Fsp3) is 0.600. The summed E-state index contributed by atoms with van der Waals surface area (Å²) >= 11 is 0. The summed E-state index contributed by atoms with van der Waals surface area (Å²) in [6, 6.07) is 0. The molecule has 0 amide bonds. The van der Waals surface area contributed by atoms with Crippen LogP contribution in [0.1, 0.15) is 26.2 Å². The summed E-state index contributed by atoms with van der Waals surface area (Å²) in [7, 11) is -1.84. The summed E-state index contributed by atoms with van der Waals surface area (Å²) in [6.45, 7) is 6.25. The topological polar surface area (TPSA) is 43.1 Å². The van der Waals surface area contributed by atoms with Crippen molar-refractivity contribution in [1.82, 2.24) is 0 Å². The van der Waals surface area contributed by atoms with Crippen LogP contribution in [0.15, 0.2) is 23.8 Å². The molecule has 14 heavy (non-hydrogen) atoms. The van der Waals surface area contributed by atoms with Crippen molar-refractivity contribution in [3.05, 3.63) is 23.8 Å². The van der Waals surface area contributed by atoms with E-state index in [0.29, 0.717) is 12.1 Å². The third kappa shape index (κ3) is 4.15. The highest BCUT2D eigenvalue weighted by molar-refractivity contribution is 7.42. The van der Waals surface area contributed by atoms with Crippen molar-refractivity contribution in [3.8, 4) is 0 Å². The number of hydrogen-bond donors (Lipinski definition) is 1. The quantitative estimate of drug-likeness (QED) is 0.578. The standard InChI is InChI=1S/C10H18NOP.Al.2H/c1-8-4-3-5-10(9(8)2)6-7-13(11)12;;;/h6,8,13H,2-5,7H2,1H3,(H2,11,12);;;/b10-6-;;;/t8-;;;/m0.../s1. The first-order valence-corrected chi connectivity index (χ1v) is 6.47. The third-order valence-electron chi connectivity index (χ3n) is 2.64. The van der Waals surface area contributed by atoms with Crippen molar-refractivity contribution >= 4 is 25.3 Å². The number of hydrogen-bond acceptors (Lipinski definition) is 1. The predicted octanol–water partition coefficient (Wildman–Crippen LogP) is 1.81. The molecule has 2 nitrogen and oxygen atoms in total. The van der Waals surface area contributed by atoms with E-state index in [4.69, 9.17) is 5.50 Å². The Labute approximate surface area is 97.6 Å². The summed E-state index contributed by atoms with van der Waals surface area (Å²) in [5.41, 5.74) is 7.76. The maximum atomic E-state index is 10.8. The molecule has 0 saturated heterocycles. The second-order valence-electron chi connectivity index (χ2n) is 3.72. The predicted molar refractivity (Wildman–Crippen MR) is 66.8 cm³/mol. The lowest BCUT2D eigenvalue weighted by Gasteiger charge is -2.23. The van der Waals surface area contributed by atoms with Gasteiger partial charge in [0.15, 0.2) is 0 Å². The minimum atomic E-state index is -1.84. The average molecular weight is 228 g/mol. The van der Waals surface area contributed by atoms with Crippen molar-refractivity contribution in [2.45, 2.75) is 26.2 Å². The molecule has 1 aliphatic carbocycles. The molecular formula is C10H20AlNOP. The minimum Gasteiger partial charge on any atom is -0.310 e. The van der Waals surface area contributed by atoms with Crippen LogP contribution in [-0.4, -0.2) is 23.5 Å². The Balaban J connectivity index is 0.00000169. The van der Waals surface area contributed by atoms with Crippen LogP contribution in [0.25, 0.3) is 0 Å². The molecule has 0 aromatic heterocycles. The lowest BCUT2D eigenvalue weighted by atomic mass is 9.83. The zero-order chi connectivity index (χ0) is 9.84. The molecule has 2 atom stereocenters. The van der Waals surface area contributed by atoms with Crippen molar-refractivity contribution in [2.75, 3.05) is 6.16 Å². The summed E-state index contributed by atoms with van der Waals surface area (Å²) in [4.78, 5) is 0. The van der Waals surface area contributed by atoms with Crippen LogP contribution >= 0.6 is 7.95 Å². The smallest absolute Gasteiger partial charge is 0.146 e. The third-order valence-corrected chi connectivity index (χ3v) is 3.25. The van der Waals surface area contributed by atoms with Crippen LogP contribution in [-0.2, 0) is 4.57 Å². The van der Waals surface area contributed by atoms with Crippen molar-refractivity contribution in [2.24, 2.45) is 11.4 Å². The Morgan fingerprint density at radius 3 is 2.93 bits per heavy atom. The average Bonchev–Trinajstić information content (AvgIpc) is 2.07. The molecule has 1 rings (SSSR count). The van der Waals surface area contributed by atoms with E-state index < -0.39 is 7.95 Å². The van der Waals surface area contributed by atoms with E-state index in [1.165, 1.54) is 24.0 Å². The Kier molecular flexibility index (Phi) is 6.74. The summed E-state index contributed by atoms with van der Waals surface area (Å²) in [5.74, 6) is 0.583. The van der Waals surface area contributed by atoms with Gasteiger partial charge in [-0.05, 0) is 36.3 Å². The van der Waals surface area contributed by atoms with Crippen LogP contribution in [0, 0.1) is 5.92 Å². The largest absolute Gasteiger partial charge is 0.310 e. The normalized spacial score (nSPS) is 27.1. The van der Waals surface area contributed by atoms with Gasteiger partial charge in [0, 0.05) is 6.16 Å². The Morgan fingerprint density at radius 1 is 1.71 bits per heavy atom. The fourth-order valence-electron chi connectivity index (χ4n) is 1.71. The molecule has 4 heteroatoms. The highest BCUT2D eigenvalue weighted by atomic mass is 31.1. The molecule has 0 spiro atoms. The minimum absolute atomic E-state index is 0. The summed E-state index contributed by atoms with van der Waals surface area (Å²) in [6.07, 6.45) is 6.08. The number of nitrogens with two attached hydrogens (primary N) is 1. The first-order chi connectivity index (χ1) is 6.11. The van der Waals surface area contributed by atoms with Crippen LogP contribution in [0.4, 0.5) is 0 Å². The molecular weight excluding hydrogens is 208 g/mol. The lowest BCUT2D eigenvalue weighted by molar-refractivity contribution is 0.540. The van der Waals surface area contributed by atoms with Crippen molar-refractivity contribution in [3.63, 3.8) is 0 Å². The van der Waals surface area contributed by atoms with Crippen molar-refractivity contribution in [1.29, 1.82) is 0 Å². The van der Waals surface area contributed by atoms with Crippen LogP contribution in [0.2, 0.25) is 0 Å². The molecule has 1 fully saturated rings. The molecule has 1 unspecified atom stereocenters. The zero-order valence-corrected chi connectivity index (χ0v) is 12.2. The number of rotatable bonds is 2. The van der Waals surface area contributed by atoms with E-state index in [0.717, 1.165) is 6.42 Å². The van der Waals surface area contributed by atoms with Crippen LogP contribution in [0.3, 0.4) is 0 Å². The molecule has 0 aromatic rings. The Bertz CT molecular complexity index is 263. The van der Waals surface area contributed by atoms with Gasteiger partial charge >= 0.3 is 0 Å². The second kappa shape index (κ2) is 6.64. The zero-order valence-electron chi connectivity index (χ0n) is 9.18.